The average Bonchev–Trinajstić information content (AvgIpc) is 3.11. The molecule has 0 fully saturated rings. The monoisotopic (exact) mass is 354 g/mol. The fourth-order valence-corrected chi connectivity index (χ4v) is 2.78. The summed E-state index contributed by atoms with van der Waals surface area (Å²) in [5, 5.41) is 22.1. The summed E-state index contributed by atoms with van der Waals surface area (Å²) in [6.45, 7) is 4.19. The minimum atomic E-state index is -0.625. The lowest BCUT2D eigenvalue weighted by atomic mass is 10.2. The van der Waals surface area contributed by atoms with Gasteiger partial charge in [-0.25, -0.2) is 0 Å². The van der Waals surface area contributed by atoms with Crippen LogP contribution in [0, 0.1) is 24.0 Å². The molecule has 1 aromatic carbocycles. The molecule has 0 saturated heterocycles. The number of benzene rings is 1. The number of amides is 1. The number of nitrogens with one attached hydrogen (secondary N) is 1. The Hall–Kier alpha value is -3.49. The Balaban J connectivity index is 1.88. The fraction of sp³-hybridized carbons (Fsp3) is 0.235. The first kappa shape index (κ1) is 17.3. The van der Waals surface area contributed by atoms with Gasteiger partial charge in [0, 0.05) is 7.05 Å². The summed E-state index contributed by atoms with van der Waals surface area (Å²) in [4.78, 5) is 23.0. The van der Waals surface area contributed by atoms with E-state index in [1.165, 1.54) is 11.7 Å². The first-order valence-electron chi connectivity index (χ1n) is 7.94. The summed E-state index contributed by atoms with van der Waals surface area (Å²) in [6.07, 6.45) is 1.06. The van der Waals surface area contributed by atoms with Crippen LogP contribution in [-0.2, 0) is 13.6 Å². The molecule has 1 N–H and O–H groups in total. The zero-order valence-corrected chi connectivity index (χ0v) is 14.6. The molecule has 2 heterocycles. The molecule has 9 heteroatoms. The number of rotatable bonds is 5. The van der Waals surface area contributed by atoms with Crippen LogP contribution in [0.5, 0.6) is 0 Å². The van der Waals surface area contributed by atoms with Crippen molar-refractivity contribution in [3.8, 4) is 0 Å². The number of aryl methyl sites for hydroxylation is 2. The molecule has 3 aromatic rings. The second-order valence-corrected chi connectivity index (χ2v) is 5.90. The fourth-order valence-electron chi connectivity index (χ4n) is 2.78. The van der Waals surface area contributed by atoms with Crippen LogP contribution in [0.25, 0.3) is 0 Å². The molecule has 0 bridgehead atoms. The number of anilines is 1. The Bertz CT molecular complexity index is 974. The maximum Gasteiger partial charge on any atom is 0.320 e. The highest BCUT2D eigenvalue weighted by Gasteiger charge is 2.27. The Morgan fingerprint density at radius 2 is 1.96 bits per heavy atom. The van der Waals surface area contributed by atoms with Crippen LogP contribution in [0.15, 0.2) is 36.5 Å². The molecule has 1 amide bonds. The van der Waals surface area contributed by atoms with Gasteiger partial charge in [-0.2, -0.15) is 10.2 Å². The summed E-state index contributed by atoms with van der Waals surface area (Å²) in [5.41, 5.74) is 2.59. The third kappa shape index (κ3) is 3.18. The third-order valence-electron chi connectivity index (χ3n) is 4.13. The van der Waals surface area contributed by atoms with Crippen molar-refractivity contribution in [3.63, 3.8) is 0 Å². The molecule has 0 saturated carbocycles. The van der Waals surface area contributed by atoms with E-state index in [9.17, 15) is 14.9 Å². The van der Waals surface area contributed by atoms with Crippen molar-refractivity contribution < 1.29 is 9.72 Å². The maximum absolute atomic E-state index is 12.6. The van der Waals surface area contributed by atoms with Gasteiger partial charge in [0.1, 0.15) is 6.20 Å². The molecular weight excluding hydrogens is 336 g/mol. The molecule has 26 heavy (non-hydrogen) atoms. The first-order chi connectivity index (χ1) is 12.4. The van der Waals surface area contributed by atoms with Crippen LogP contribution in [0.3, 0.4) is 0 Å². The van der Waals surface area contributed by atoms with Crippen molar-refractivity contribution in [3.05, 3.63) is 69.3 Å². The van der Waals surface area contributed by atoms with Gasteiger partial charge in [-0.05, 0) is 19.4 Å². The van der Waals surface area contributed by atoms with Crippen LogP contribution in [0.1, 0.15) is 27.4 Å². The number of nitro groups is 1. The van der Waals surface area contributed by atoms with Crippen molar-refractivity contribution in [1.29, 1.82) is 0 Å². The minimum absolute atomic E-state index is 0.107. The predicted octanol–water partition coefficient (Wildman–Crippen LogP) is 2.44. The third-order valence-corrected chi connectivity index (χ3v) is 4.13. The lowest BCUT2D eigenvalue weighted by Crippen LogP contribution is -2.18. The first-order valence-corrected chi connectivity index (χ1v) is 7.94. The standard InChI is InChI=1S/C17H18N6O3/c1-11-15(12(2)22(20-11)10-13-7-5-4-6-8-13)19-17(24)16-14(23(25)26)9-18-21(16)3/h4-9H,10H2,1-3H3,(H,19,24). The topological polar surface area (TPSA) is 108 Å². The van der Waals surface area contributed by atoms with Gasteiger partial charge in [0.2, 0.25) is 5.69 Å². The van der Waals surface area contributed by atoms with Gasteiger partial charge in [-0.15, -0.1) is 0 Å². The molecule has 0 aliphatic heterocycles. The van der Waals surface area contributed by atoms with Gasteiger partial charge in [0.25, 0.3) is 5.91 Å². The molecular formula is C17H18N6O3. The highest BCUT2D eigenvalue weighted by molar-refractivity contribution is 6.06. The van der Waals surface area contributed by atoms with Crippen LogP contribution >= 0.6 is 0 Å². The van der Waals surface area contributed by atoms with E-state index in [2.05, 4.69) is 15.5 Å². The van der Waals surface area contributed by atoms with E-state index >= 15 is 0 Å². The molecule has 2 aromatic heterocycles. The van der Waals surface area contributed by atoms with Crippen LogP contribution in [-0.4, -0.2) is 30.4 Å². The Labute approximate surface area is 149 Å². The van der Waals surface area contributed by atoms with E-state index in [4.69, 9.17) is 0 Å². The lowest BCUT2D eigenvalue weighted by molar-refractivity contribution is -0.385. The van der Waals surface area contributed by atoms with Crippen LogP contribution < -0.4 is 5.32 Å². The molecule has 134 valence electrons. The van der Waals surface area contributed by atoms with Crippen molar-refractivity contribution in [1.82, 2.24) is 19.6 Å². The summed E-state index contributed by atoms with van der Waals surface area (Å²) in [5.74, 6) is -0.595. The van der Waals surface area contributed by atoms with Gasteiger partial charge in [0.05, 0.1) is 28.5 Å². The van der Waals surface area contributed by atoms with Gasteiger partial charge in [-0.1, -0.05) is 30.3 Å². The van der Waals surface area contributed by atoms with Gasteiger partial charge in [0.15, 0.2) is 0 Å². The summed E-state index contributed by atoms with van der Waals surface area (Å²) >= 11 is 0. The van der Waals surface area contributed by atoms with Gasteiger partial charge < -0.3 is 5.32 Å². The number of aromatic nitrogens is 4. The second-order valence-electron chi connectivity index (χ2n) is 5.90. The van der Waals surface area contributed by atoms with E-state index in [1.54, 1.807) is 11.6 Å². The Morgan fingerprint density at radius 1 is 1.27 bits per heavy atom. The van der Waals surface area contributed by atoms with Crippen molar-refractivity contribution >= 4 is 17.3 Å². The van der Waals surface area contributed by atoms with Crippen LogP contribution in [0.2, 0.25) is 0 Å². The van der Waals surface area contributed by atoms with Crippen molar-refractivity contribution in [2.24, 2.45) is 7.05 Å². The van der Waals surface area contributed by atoms with E-state index in [-0.39, 0.29) is 11.4 Å². The smallest absolute Gasteiger partial charge is 0.317 e. The SMILES string of the molecule is Cc1nn(Cc2ccccc2)c(C)c1NC(=O)c1c([N+](=O)[O-])cnn1C. The average molecular weight is 354 g/mol. The number of nitrogens with zero attached hydrogens (tertiary/aromatic N) is 5. The molecule has 3 rings (SSSR count). The highest BCUT2D eigenvalue weighted by Crippen LogP contribution is 2.23. The summed E-state index contributed by atoms with van der Waals surface area (Å²) in [6, 6.07) is 9.83. The summed E-state index contributed by atoms with van der Waals surface area (Å²) in [7, 11) is 1.49. The number of hydrogen-bond donors (Lipinski definition) is 1. The molecule has 9 nitrogen and oxygen atoms in total. The zero-order valence-electron chi connectivity index (χ0n) is 14.6. The number of carbonyl (C=O) groups excluding carboxylic acids is 1. The van der Waals surface area contributed by atoms with Gasteiger partial charge in [-0.3, -0.25) is 24.3 Å². The van der Waals surface area contributed by atoms with E-state index < -0.39 is 10.8 Å². The molecule has 0 aliphatic rings. The largest absolute Gasteiger partial charge is 0.320 e. The summed E-state index contributed by atoms with van der Waals surface area (Å²) < 4.78 is 2.98. The zero-order chi connectivity index (χ0) is 18.8. The van der Waals surface area contributed by atoms with E-state index in [0.717, 1.165) is 17.5 Å². The van der Waals surface area contributed by atoms with E-state index in [0.29, 0.717) is 17.9 Å². The minimum Gasteiger partial charge on any atom is -0.317 e. The molecule has 0 radical (unpaired) electrons. The van der Waals surface area contributed by atoms with Crippen molar-refractivity contribution in [2.75, 3.05) is 5.32 Å². The molecule has 0 unspecified atom stereocenters. The quantitative estimate of drug-likeness (QED) is 0.559. The molecule has 0 spiro atoms. The highest BCUT2D eigenvalue weighted by atomic mass is 16.6. The number of hydrogen-bond acceptors (Lipinski definition) is 5. The normalized spacial score (nSPS) is 10.7. The lowest BCUT2D eigenvalue weighted by Gasteiger charge is -2.07. The second kappa shape index (κ2) is 6.79. The van der Waals surface area contributed by atoms with Crippen molar-refractivity contribution in [2.45, 2.75) is 20.4 Å². The molecule has 0 atom stereocenters. The van der Waals surface area contributed by atoms with Crippen LogP contribution in [0.4, 0.5) is 11.4 Å². The Kier molecular flexibility index (Phi) is 4.53. The predicted molar refractivity (Wildman–Crippen MR) is 95.1 cm³/mol. The number of carbonyl (C=O) groups is 1. The van der Waals surface area contributed by atoms with Gasteiger partial charge >= 0.3 is 5.69 Å². The Morgan fingerprint density at radius 3 is 2.62 bits per heavy atom. The molecule has 0 aliphatic carbocycles. The van der Waals surface area contributed by atoms with E-state index in [1.807, 2.05) is 37.3 Å². The maximum atomic E-state index is 12.6.